The van der Waals surface area contributed by atoms with E-state index >= 15 is 0 Å². The van der Waals surface area contributed by atoms with Crippen molar-refractivity contribution in [3.05, 3.63) is 106 Å². The zero-order valence-corrected chi connectivity index (χ0v) is 23.8. The first-order chi connectivity index (χ1) is 19.4. The first-order valence-electron chi connectivity index (χ1n) is 13.0. The molecule has 0 fully saturated rings. The maximum atomic E-state index is 13.9. The van der Waals surface area contributed by atoms with Crippen molar-refractivity contribution < 1.29 is 24.1 Å². The maximum absolute atomic E-state index is 13.9. The van der Waals surface area contributed by atoms with Crippen molar-refractivity contribution in [3.8, 4) is 11.5 Å². The van der Waals surface area contributed by atoms with Crippen LogP contribution in [0, 0.1) is 0 Å². The molecule has 0 spiro atoms. The highest BCUT2D eigenvalue weighted by Crippen LogP contribution is 2.45. The van der Waals surface area contributed by atoms with Crippen molar-refractivity contribution in [2.45, 2.75) is 30.9 Å². The number of methoxy groups -OCH3 is 1. The molecule has 0 saturated heterocycles. The van der Waals surface area contributed by atoms with Gasteiger partial charge in [0.15, 0.2) is 11.6 Å². The average molecular weight is 584 g/mol. The molecule has 1 aliphatic heterocycles. The Morgan fingerprint density at radius 1 is 1.12 bits per heavy atom. The van der Waals surface area contributed by atoms with Gasteiger partial charge in [0, 0.05) is 47.2 Å². The summed E-state index contributed by atoms with van der Waals surface area (Å²) in [5.74, 6) is 1.44. The lowest BCUT2D eigenvalue weighted by Crippen LogP contribution is -2.48. The molecule has 0 unspecified atom stereocenters. The van der Waals surface area contributed by atoms with Crippen molar-refractivity contribution in [1.82, 2.24) is 5.32 Å². The van der Waals surface area contributed by atoms with Crippen LogP contribution in [0.2, 0.25) is 10.0 Å². The standard InChI is InChI=1S/C31H32Cl2N2O5/c1-3-16-31(30(37)34-17-15-21-5-10-24(38-2)11-6-21)28(26-14-9-23(32)20-27(26)33)40-29(35-31)22-7-12-25(13-8-22)39-19-4-18-36/h3,5-14,20,28,36H,1,4,15-19H2,2H3,(H,34,37)/t28-,31-/m1/s1. The van der Waals surface area contributed by atoms with Crippen LogP contribution < -0.4 is 14.8 Å². The average Bonchev–Trinajstić information content (AvgIpc) is 3.34. The molecular formula is C31H32Cl2N2O5. The van der Waals surface area contributed by atoms with Crippen LogP contribution >= 0.6 is 23.2 Å². The minimum absolute atomic E-state index is 0.0604. The SMILES string of the molecule is C=CC[C@@]1(C(=O)NCCc2ccc(OC)cc2)N=C(c2ccc(OCCCO)cc2)O[C@@H]1c1ccc(Cl)cc1Cl. The van der Waals surface area contributed by atoms with E-state index < -0.39 is 11.6 Å². The fourth-order valence-corrected chi connectivity index (χ4v) is 5.00. The van der Waals surface area contributed by atoms with Gasteiger partial charge in [-0.05, 0) is 60.5 Å². The van der Waals surface area contributed by atoms with Crippen molar-refractivity contribution >= 4 is 35.0 Å². The van der Waals surface area contributed by atoms with Crippen LogP contribution in [0.5, 0.6) is 11.5 Å². The zero-order valence-electron chi connectivity index (χ0n) is 22.2. The molecule has 0 radical (unpaired) electrons. The fourth-order valence-electron chi connectivity index (χ4n) is 4.49. The molecule has 7 nitrogen and oxygen atoms in total. The van der Waals surface area contributed by atoms with Crippen LogP contribution in [0.15, 0.2) is 84.4 Å². The summed E-state index contributed by atoms with van der Waals surface area (Å²) < 4.78 is 17.3. The van der Waals surface area contributed by atoms with E-state index in [-0.39, 0.29) is 18.9 Å². The number of ether oxygens (including phenoxy) is 3. The van der Waals surface area contributed by atoms with Crippen LogP contribution in [-0.4, -0.2) is 49.3 Å². The third kappa shape index (κ3) is 6.78. The molecule has 1 heterocycles. The molecule has 40 heavy (non-hydrogen) atoms. The Kier molecular flexibility index (Phi) is 10.1. The van der Waals surface area contributed by atoms with Crippen LogP contribution in [0.25, 0.3) is 0 Å². The molecule has 0 aliphatic carbocycles. The van der Waals surface area contributed by atoms with Gasteiger partial charge in [0.1, 0.15) is 11.5 Å². The van der Waals surface area contributed by atoms with Crippen molar-refractivity contribution in [3.63, 3.8) is 0 Å². The van der Waals surface area contributed by atoms with E-state index in [0.29, 0.717) is 58.8 Å². The number of amides is 1. The van der Waals surface area contributed by atoms with E-state index in [4.69, 9.17) is 47.5 Å². The molecule has 3 aromatic carbocycles. The highest BCUT2D eigenvalue weighted by molar-refractivity contribution is 6.35. The van der Waals surface area contributed by atoms with Gasteiger partial charge in [-0.3, -0.25) is 4.79 Å². The monoisotopic (exact) mass is 582 g/mol. The second-order valence-corrected chi connectivity index (χ2v) is 10.1. The lowest BCUT2D eigenvalue weighted by Gasteiger charge is -2.30. The number of halogens is 2. The summed E-state index contributed by atoms with van der Waals surface area (Å²) in [7, 11) is 1.62. The fraction of sp³-hybridized carbons (Fsp3) is 0.290. The van der Waals surface area contributed by atoms with E-state index in [1.807, 2.05) is 36.4 Å². The van der Waals surface area contributed by atoms with Crippen molar-refractivity contribution in [2.24, 2.45) is 4.99 Å². The van der Waals surface area contributed by atoms with Crippen LogP contribution in [0.1, 0.15) is 35.6 Å². The minimum atomic E-state index is -1.34. The Morgan fingerprint density at radius 2 is 1.85 bits per heavy atom. The van der Waals surface area contributed by atoms with Gasteiger partial charge >= 0.3 is 0 Å². The smallest absolute Gasteiger partial charge is 0.252 e. The van der Waals surface area contributed by atoms with Gasteiger partial charge in [-0.25, -0.2) is 4.99 Å². The number of hydrogen-bond donors (Lipinski definition) is 2. The van der Waals surface area contributed by atoms with Gasteiger partial charge in [0.25, 0.3) is 5.91 Å². The summed E-state index contributed by atoms with van der Waals surface area (Å²) in [5.41, 5.74) is 0.997. The second-order valence-electron chi connectivity index (χ2n) is 9.30. The van der Waals surface area contributed by atoms with E-state index in [1.165, 1.54) is 0 Å². The Balaban J connectivity index is 1.62. The largest absolute Gasteiger partial charge is 0.497 e. The van der Waals surface area contributed by atoms with Crippen molar-refractivity contribution in [1.29, 1.82) is 0 Å². The topological polar surface area (TPSA) is 89.4 Å². The number of aliphatic hydroxyl groups is 1. The number of carbonyl (C=O) groups is 1. The predicted molar refractivity (Wildman–Crippen MR) is 158 cm³/mol. The molecule has 1 aliphatic rings. The molecule has 1 amide bonds. The Hall–Kier alpha value is -3.52. The van der Waals surface area contributed by atoms with Gasteiger partial charge in [0.05, 0.1) is 13.7 Å². The lowest BCUT2D eigenvalue weighted by molar-refractivity contribution is -0.128. The predicted octanol–water partition coefficient (Wildman–Crippen LogP) is 5.96. The van der Waals surface area contributed by atoms with Gasteiger partial charge < -0.3 is 24.6 Å². The maximum Gasteiger partial charge on any atom is 0.252 e. The second kappa shape index (κ2) is 13.7. The molecular weight excluding hydrogens is 551 g/mol. The number of carbonyl (C=O) groups excluding carboxylic acids is 1. The number of hydrogen-bond acceptors (Lipinski definition) is 6. The number of rotatable bonds is 13. The molecule has 9 heteroatoms. The summed E-state index contributed by atoms with van der Waals surface area (Å²) >= 11 is 12.8. The Bertz CT molecular complexity index is 1340. The summed E-state index contributed by atoms with van der Waals surface area (Å²) in [4.78, 5) is 18.8. The van der Waals surface area contributed by atoms with E-state index in [9.17, 15) is 4.79 Å². The molecule has 3 aromatic rings. The van der Waals surface area contributed by atoms with Crippen LogP contribution in [0.3, 0.4) is 0 Å². The third-order valence-electron chi connectivity index (χ3n) is 6.59. The summed E-state index contributed by atoms with van der Waals surface area (Å²) in [6.07, 6.45) is 2.23. The van der Waals surface area contributed by atoms with E-state index in [1.54, 1.807) is 43.5 Å². The number of benzene rings is 3. The Labute approximate surface area is 244 Å². The quantitative estimate of drug-likeness (QED) is 0.192. The van der Waals surface area contributed by atoms with Gasteiger partial charge in [-0.1, -0.05) is 47.5 Å². The number of nitrogens with one attached hydrogen (secondary N) is 1. The van der Waals surface area contributed by atoms with Gasteiger partial charge in [-0.2, -0.15) is 0 Å². The highest BCUT2D eigenvalue weighted by atomic mass is 35.5. The molecule has 2 atom stereocenters. The number of aliphatic hydroxyl groups excluding tert-OH is 1. The van der Waals surface area contributed by atoms with Crippen LogP contribution in [-0.2, 0) is 16.0 Å². The lowest BCUT2D eigenvalue weighted by atomic mass is 9.84. The van der Waals surface area contributed by atoms with E-state index in [0.717, 1.165) is 11.3 Å². The first kappa shape index (κ1) is 29.5. The zero-order chi connectivity index (χ0) is 28.5. The van der Waals surface area contributed by atoms with E-state index in [2.05, 4.69) is 11.9 Å². The Morgan fingerprint density at radius 3 is 2.50 bits per heavy atom. The third-order valence-corrected chi connectivity index (χ3v) is 7.15. The van der Waals surface area contributed by atoms with Crippen molar-refractivity contribution in [2.75, 3.05) is 26.9 Å². The van der Waals surface area contributed by atoms with Gasteiger partial charge in [-0.15, -0.1) is 6.58 Å². The summed E-state index contributed by atoms with van der Waals surface area (Å²) in [6.45, 7) is 4.77. The molecule has 0 saturated carbocycles. The van der Waals surface area contributed by atoms with Crippen LogP contribution in [0.4, 0.5) is 0 Å². The number of aliphatic imine (C=N–C) groups is 1. The minimum Gasteiger partial charge on any atom is -0.497 e. The van der Waals surface area contributed by atoms with Gasteiger partial charge in [0.2, 0.25) is 5.90 Å². The summed E-state index contributed by atoms with van der Waals surface area (Å²) in [5, 5.41) is 12.9. The molecule has 0 aromatic heterocycles. The normalized spacial score (nSPS) is 18.0. The molecule has 0 bridgehead atoms. The number of nitrogens with zero attached hydrogens (tertiary/aromatic N) is 1. The molecule has 4 rings (SSSR count). The molecule has 210 valence electrons. The highest BCUT2D eigenvalue weighted by Gasteiger charge is 2.53. The first-order valence-corrected chi connectivity index (χ1v) is 13.7. The summed E-state index contributed by atoms with van der Waals surface area (Å²) in [6, 6.07) is 20.0. The molecule has 2 N–H and O–H groups in total.